The van der Waals surface area contributed by atoms with Gasteiger partial charge in [-0.25, -0.2) is 9.37 Å². The second kappa shape index (κ2) is 10.4. The van der Waals surface area contributed by atoms with Crippen molar-refractivity contribution in [2.24, 2.45) is 0 Å². The van der Waals surface area contributed by atoms with E-state index < -0.39 is 0 Å². The Morgan fingerprint density at radius 1 is 1.10 bits per heavy atom. The second-order valence-electron chi connectivity index (χ2n) is 6.62. The molecule has 0 atom stereocenters. The molecule has 1 aromatic heterocycles. The van der Waals surface area contributed by atoms with Crippen LogP contribution in [0.15, 0.2) is 42.5 Å². The average molecular weight is 432 g/mol. The SMILES string of the molecule is CCN(CC)CCN(C(=O)COc1ccccc1OC)c1nc2ccc(F)cc2s1. The first kappa shape index (κ1) is 22.0. The third-order valence-corrected chi connectivity index (χ3v) is 5.87. The number of benzene rings is 2. The van der Waals surface area contributed by atoms with E-state index in [2.05, 4.69) is 23.7 Å². The van der Waals surface area contributed by atoms with Gasteiger partial charge in [-0.3, -0.25) is 9.69 Å². The molecule has 160 valence electrons. The van der Waals surface area contributed by atoms with E-state index in [1.165, 1.54) is 23.5 Å². The third kappa shape index (κ3) is 5.25. The maximum absolute atomic E-state index is 13.6. The molecule has 1 amide bonds. The van der Waals surface area contributed by atoms with Gasteiger partial charge in [0.05, 0.1) is 17.3 Å². The van der Waals surface area contributed by atoms with Crippen LogP contribution in [0.4, 0.5) is 9.52 Å². The monoisotopic (exact) mass is 431 g/mol. The van der Waals surface area contributed by atoms with E-state index in [4.69, 9.17) is 9.47 Å². The highest BCUT2D eigenvalue weighted by Gasteiger charge is 2.21. The Balaban J connectivity index is 1.81. The van der Waals surface area contributed by atoms with Gasteiger partial charge < -0.3 is 14.4 Å². The maximum Gasteiger partial charge on any atom is 0.266 e. The van der Waals surface area contributed by atoms with Crippen LogP contribution in [0.5, 0.6) is 11.5 Å². The van der Waals surface area contributed by atoms with Crippen LogP contribution in [-0.2, 0) is 4.79 Å². The minimum absolute atomic E-state index is 0.150. The Labute approximate surface area is 179 Å². The van der Waals surface area contributed by atoms with Crippen LogP contribution >= 0.6 is 11.3 Å². The van der Waals surface area contributed by atoms with Crippen LogP contribution in [0.25, 0.3) is 10.2 Å². The van der Waals surface area contributed by atoms with Crippen molar-refractivity contribution < 1.29 is 18.7 Å². The zero-order chi connectivity index (χ0) is 21.5. The van der Waals surface area contributed by atoms with Gasteiger partial charge in [-0.15, -0.1) is 0 Å². The lowest BCUT2D eigenvalue weighted by molar-refractivity contribution is -0.120. The summed E-state index contributed by atoms with van der Waals surface area (Å²) in [6.07, 6.45) is 0. The molecule has 0 saturated heterocycles. The van der Waals surface area contributed by atoms with Crippen molar-refractivity contribution in [3.8, 4) is 11.5 Å². The largest absolute Gasteiger partial charge is 0.493 e. The molecule has 6 nitrogen and oxygen atoms in total. The number of ether oxygens (including phenoxy) is 2. The first-order valence-electron chi connectivity index (χ1n) is 9.90. The number of hydrogen-bond donors (Lipinski definition) is 0. The number of amides is 1. The summed E-state index contributed by atoms with van der Waals surface area (Å²) in [5.74, 6) is 0.532. The Hall–Kier alpha value is -2.71. The molecular weight excluding hydrogens is 405 g/mol. The number of carbonyl (C=O) groups excluding carboxylic acids is 1. The molecule has 0 bridgehead atoms. The third-order valence-electron chi connectivity index (χ3n) is 4.83. The molecule has 0 aliphatic heterocycles. The fraction of sp³-hybridized carbons (Fsp3) is 0.364. The molecule has 0 spiro atoms. The number of para-hydroxylation sites is 2. The van der Waals surface area contributed by atoms with Crippen LogP contribution in [0, 0.1) is 5.82 Å². The number of hydrogen-bond acceptors (Lipinski definition) is 6. The highest BCUT2D eigenvalue weighted by atomic mass is 32.1. The zero-order valence-corrected chi connectivity index (χ0v) is 18.2. The normalized spacial score (nSPS) is 11.1. The Kier molecular flexibility index (Phi) is 7.59. The van der Waals surface area contributed by atoms with E-state index in [0.717, 1.165) is 13.1 Å². The summed E-state index contributed by atoms with van der Waals surface area (Å²) in [6, 6.07) is 11.6. The number of rotatable bonds is 10. The Morgan fingerprint density at radius 3 is 2.53 bits per heavy atom. The molecular formula is C22H26FN3O3S. The zero-order valence-electron chi connectivity index (χ0n) is 17.4. The molecule has 0 N–H and O–H groups in total. The number of anilines is 1. The van der Waals surface area contributed by atoms with Gasteiger partial charge in [-0.1, -0.05) is 37.3 Å². The number of likely N-dealkylation sites (N-methyl/N-ethyl adjacent to an activating group) is 1. The average Bonchev–Trinajstić information content (AvgIpc) is 3.18. The molecule has 0 unspecified atom stereocenters. The Morgan fingerprint density at radius 2 is 1.83 bits per heavy atom. The van der Waals surface area contributed by atoms with Gasteiger partial charge in [0.2, 0.25) is 0 Å². The van der Waals surface area contributed by atoms with Crippen LogP contribution in [-0.4, -0.2) is 55.7 Å². The fourth-order valence-corrected chi connectivity index (χ4v) is 4.10. The predicted molar refractivity (Wildman–Crippen MR) is 118 cm³/mol. The minimum Gasteiger partial charge on any atom is -0.493 e. The predicted octanol–water partition coefficient (Wildman–Crippen LogP) is 4.20. The number of halogens is 1. The minimum atomic E-state index is -0.321. The lowest BCUT2D eigenvalue weighted by Gasteiger charge is -2.24. The van der Waals surface area contributed by atoms with Crippen LogP contribution in [0.2, 0.25) is 0 Å². The quantitative estimate of drug-likeness (QED) is 0.482. The van der Waals surface area contributed by atoms with Gasteiger partial charge in [0.1, 0.15) is 5.82 Å². The van der Waals surface area contributed by atoms with Crippen molar-refractivity contribution in [3.63, 3.8) is 0 Å². The molecule has 0 radical (unpaired) electrons. The number of aromatic nitrogens is 1. The Bertz CT molecular complexity index is 991. The van der Waals surface area contributed by atoms with Gasteiger partial charge in [0, 0.05) is 13.1 Å². The summed E-state index contributed by atoms with van der Waals surface area (Å²) < 4.78 is 25.3. The molecule has 2 aromatic carbocycles. The number of fused-ring (bicyclic) bond motifs is 1. The maximum atomic E-state index is 13.6. The first-order chi connectivity index (χ1) is 14.5. The van der Waals surface area contributed by atoms with Crippen molar-refractivity contribution in [2.75, 3.05) is 44.8 Å². The highest BCUT2D eigenvalue weighted by molar-refractivity contribution is 7.22. The van der Waals surface area contributed by atoms with E-state index in [0.29, 0.717) is 39.9 Å². The first-order valence-corrected chi connectivity index (χ1v) is 10.7. The standard InChI is InChI=1S/C22H26FN3O3S/c1-4-25(5-2)12-13-26(22-24-17-11-10-16(23)14-20(17)30-22)21(27)15-29-19-9-7-6-8-18(19)28-3/h6-11,14H,4-5,12-13,15H2,1-3H3. The lowest BCUT2D eigenvalue weighted by Crippen LogP contribution is -2.41. The van der Waals surface area contributed by atoms with Crippen LogP contribution in [0.3, 0.4) is 0 Å². The van der Waals surface area contributed by atoms with E-state index in [1.807, 2.05) is 12.1 Å². The van der Waals surface area contributed by atoms with Crippen molar-refractivity contribution in [1.29, 1.82) is 0 Å². The summed E-state index contributed by atoms with van der Waals surface area (Å²) >= 11 is 1.30. The summed E-state index contributed by atoms with van der Waals surface area (Å²) in [4.78, 5) is 21.5. The molecule has 30 heavy (non-hydrogen) atoms. The van der Waals surface area contributed by atoms with Crippen molar-refractivity contribution in [2.45, 2.75) is 13.8 Å². The fourth-order valence-electron chi connectivity index (χ4n) is 3.07. The van der Waals surface area contributed by atoms with Gasteiger partial charge in [-0.05, 0) is 43.4 Å². The van der Waals surface area contributed by atoms with Crippen molar-refractivity contribution in [1.82, 2.24) is 9.88 Å². The lowest BCUT2D eigenvalue weighted by atomic mass is 10.3. The summed E-state index contributed by atoms with van der Waals surface area (Å²) in [6.45, 7) is 6.98. The highest BCUT2D eigenvalue weighted by Crippen LogP contribution is 2.30. The van der Waals surface area contributed by atoms with Crippen LogP contribution < -0.4 is 14.4 Å². The van der Waals surface area contributed by atoms with Gasteiger partial charge in [-0.2, -0.15) is 0 Å². The van der Waals surface area contributed by atoms with Gasteiger partial charge in [0.25, 0.3) is 5.91 Å². The number of nitrogens with zero attached hydrogens (tertiary/aromatic N) is 3. The summed E-state index contributed by atoms with van der Waals surface area (Å²) in [5, 5.41) is 0.538. The second-order valence-corrected chi connectivity index (χ2v) is 7.63. The van der Waals surface area contributed by atoms with E-state index in [1.54, 1.807) is 30.2 Å². The van der Waals surface area contributed by atoms with E-state index >= 15 is 0 Å². The van der Waals surface area contributed by atoms with Crippen molar-refractivity contribution >= 4 is 32.6 Å². The summed E-state index contributed by atoms with van der Waals surface area (Å²) in [7, 11) is 1.56. The number of thiazole rings is 1. The van der Waals surface area contributed by atoms with E-state index in [-0.39, 0.29) is 18.3 Å². The summed E-state index contributed by atoms with van der Waals surface area (Å²) in [5.41, 5.74) is 0.669. The molecule has 3 rings (SSSR count). The molecule has 0 aliphatic rings. The molecule has 8 heteroatoms. The number of methoxy groups -OCH3 is 1. The smallest absolute Gasteiger partial charge is 0.266 e. The van der Waals surface area contributed by atoms with E-state index in [9.17, 15) is 9.18 Å². The van der Waals surface area contributed by atoms with Crippen molar-refractivity contribution in [3.05, 3.63) is 48.3 Å². The van der Waals surface area contributed by atoms with Crippen LogP contribution in [0.1, 0.15) is 13.8 Å². The molecule has 1 heterocycles. The topological polar surface area (TPSA) is 54.9 Å². The van der Waals surface area contributed by atoms with Gasteiger partial charge >= 0.3 is 0 Å². The molecule has 0 fully saturated rings. The molecule has 0 saturated carbocycles. The number of carbonyl (C=O) groups is 1. The molecule has 3 aromatic rings. The van der Waals surface area contributed by atoms with Gasteiger partial charge in [0.15, 0.2) is 23.2 Å². The molecule has 0 aliphatic carbocycles.